The molecule has 1 aromatic heterocycles. The molecule has 0 spiro atoms. The number of aromatic nitrogens is 1. The Bertz CT molecular complexity index is 387. The van der Waals surface area contributed by atoms with Gasteiger partial charge in [0.2, 0.25) is 5.91 Å². The summed E-state index contributed by atoms with van der Waals surface area (Å²) in [4.78, 5) is 19.4. The van der Waals surface area contributed by atoms with Crippen molar-refractivity contribution in [2.75, 3.05) is 25.0 Å². The molecular formula is C12H21N3O2S. The fourth-order valence-corrected chi connectivity index (χ4v) is 2.47. The molecule has 2 N–H and O–H groups in total. The summed E-state index contributed by atoms with van der Waals surface area (Å²) >= 11 is 1.48. The van der Waals surface area contributed by atoms with Crippen LogP contribution in [0.25, 0.3) is 0 Å². The van der Waals surface area contributed by atoms with Crippen molar-refractivity contribution in [2.24, 2.45) is 0 Å². The standard InChI is InChI=1S/C12H21N3O2S/c1-5-15(6-7-16)9(3)11(17)14-12-13-8(2)10(4)18-12/h9,16H,5-7H2,1-4H3,(H,13,14,17). The molecule has 0 fully saturated rings. The second-order valence-electron chi connectivity index (χ2n) is 4.18. The third-order valence-electron chi connectivity index (χ3n) is 2.98. The zero-order chi connectivity index (χ0) is 13.7. The molecular weight excluding hydrogens is 250 g/mol. The van der Waals surface area contributed by atoms with Crippen molar-refractivity contribution >= 4 is 22.4 Å². The molecule has 0 saturated carbocycles. The van der Waals surface area contributed by atoms with Gasteiger partial charge in [0, 0.05) is 11.4 Å². The Morgan fingerprint density at radius 1 is 1.56 bits per heavy atom. The summed E-state index contributed by atoms with van der Waals surface area (Å²) in [6.07, 6.45) is 0. The Hall–Kier alpha value is -0.980. The van der Waals surface area contributed by atoms with Crippen LogP contribution in [0.15, 0.2) is 0 Å². The molecule has 0 radical (unpaired) electrons. The molecule has 18 heavy (non-hydrogen) atoms. The molecule has 0 aromatic carbocycles. The number of hydrogen-bond donors (Lipinski definition) is 2. The van der Waals surface area contributed by atoms with Gasteiger partial charge < -0.3 is 10.4 Å². The highest BCUT2D eigenvalue weighted by Gasteiger charge is 2.20. The van der Waals surface area contributed by atoms with Gasteiger partial charge in [-0.05, 0) is 27.3 Å². The largest absolute Gasteiger partial charge is 0.395 e. The highest BCUT2D eigenvalue weighted by atomic mass is 32.1. The second-order valence-corrected chi connectivity index (χ2v) is 5.38. The molecule has 0 aliphatic rings. The minimum Gasteiger partial charge on any atom is -0.395 e. The molecule has 1 rings (SSSR count). The van der Waals surface area contributed by atoms with Crippen LogP contribution in [0.2, 0.25) is 0 Å². The first-order valence-electron chi connectivity index (χ1n) is 6.09. The van der Waals surface area contributed by atoms with Crippen LogP contribution < -0.4 is 5.32 Å². The minimum absolute atomic E-state index is 0.0565. The van der Waals surface area contributed by atoms with Gasteiger partial charge in [0.15, 0.2) is 5.13 Å². The van der Waals surface area contributed by atoms with E-state index in [9.17, 15) is 4.79 Å². The zero-order valence-electron chi connectivity index (χ0n) is 11.4. The highest BCUT2D eigenvalue weighted by molar-refractivity contribution is 7.15. The normalized spacial score (nSPS) is 12.8. The van der Waals surface area contributed by atoms with Crippen LogP contribution in [-0.4, -0.2) is 46.6 Å². The number of amides is 1. The van der Waals surface area contributed by atoms with Gasteiger partial charge in [0.25, 0.3) is 0 Å². The monoisotopic (exact) mass is 271 g/mol. The first kappa shape index (κ1) is 15.1. The van der Waals surface area contributed by atoms with Gasteiger partial charge in [-0.1, -0.05) is 6.92 Å². The summed E-state index contributed by atoms with van der Waals surface area (Å²) < 4.78 is 0. The molecule has 0 aliphatic carbocycles. The van der Waals surface area contributed by atoms with Gasteiger partial charge in [0.1, 0.15) is 0 Å². The van der Waals surface area contributed by atoms with E-state index >= 15 is 0 Å². The number of aryl methyl sites for hydroxylation is 2. The average molecular weight is 271 g/mol. The molecule has 0 aliphatic heterocycles. The minimum atomic E-state index is -0.272. The number of aliphatic hydroxyl groups is 1. The first-order chi connectivity index (χ1) is 8.49. The third-order valence-corrected chi connectivity index (χ3v) is 3.97. The van der Waals surface area contributed by atoms with Gasteiger partial charge in [-0.15, -0.1) is 11.3 Å². The van der Waals surface area contributed by atoms with E-state index in [1.54, 1.807) is 0 Å². The molecule has 0 saturated heterocycles. The van der Waals surface area contributed by atoms with E-state index in [0.29, 0.717) is 11.7 Å². The van der Waals surface area contributed by atoms with E-state index in [2.05, 4.69) is 10.3 Å². The molecule has 1 heterocycles. The lowest BCUT2D eigenvalue weighted by molar-refractivity contribution is -0.120. The Labute approximate surface area is 112 Å². The van der Waals surface area contributed by atoms with Crippen LogP contribution in [0.5, 0.6) is 0 Å². The molecule has 1 amide bonds. The Morgan fingerprint density at radius 2 is 2.22 bits per heavy atom. The van der Waals surface area contributed by atoms with E-state index in [-0.39, 0.29) is 18.6 Å². The maximum absolute atomic E-state index is 12.0. The number of aliphatic hydroxyl groups excluding tert-OH is 1. The molecule has 6 heteroatoms. The lowest BCUT2D eigenvalue weighted by Crippen LogP contribution is -2.43. The maximum atomic E-state index is 12.0. The predicted octanol–water partition coefficient (Wildman–Crippen LogP) is 1.40. The number of likely N-dealkylation sites (N-methyl/N-ethyl adjacent to an activating group) is 1. The van der Waals surface area contributed by atoms with Gasteiger partial charge in [-0.3, -0.25) is 9.69 Å². The molecule has 5 nitrogen and oxygen atoms in total. The number of carbonyl (C=O) groups is 1. The summed E-state index contributed by atoms with van der Waals surface area (Å²) in [6, 6.07) is -0.272. The lowest BCUT2D eigenvalue weighted by atomic mass is 10.2. The molecule has 1 atom stereocenters. The van der Waals surface area contributed by atoms with Gasteiger partial charge in [0.05, 0.1) is 18.3 Å². The Balaban J connectivity index is 2.64. The summed E-state index contributed by atoms with van der Waals surface area (Å²) in [5, 5.41) is 12.4. The number of carbonyl (C=O) groups excluding carboxylic acids is 1. The van der Waals surface area contributed by atoms with Crippen LogP contribution >= 0.6 is 11.3 Å². The second kappa shape index (κ2) is 6.82. The van der Waals surface area contributed by atoms with E-state index < -0.39 is 0 Å². The highest BCUT2D eigenvalue weighted by Crippen LogP contribution is 2.21. The van der Waals surface area contributed by atoms with Crippen molar-refractivity contribution in [1.29, 1.82) is 0 Å². The van der Waals surface area contributed by atoms with Crippen LogP contribution in [0.4, 0.5) is 5.13 Å². The number of nitrogens with one attached hydrogen (secondary N) is 1. The zero-order valence-corrected chi connectivity index (χ0v) is 12.2. The van der Waals surface area contributed by atoms with Crippen molar-refractivity contribution < 1.29 is 9.90 Å². The van der Waals surface area contributed by atoms with Crippen molar-refractivity contribution in [2.45, 2.75) is 33.7 Å². The summed E-state index contributed by atoms with van der Waals surface area (Å²) in [7, 11) is 0. The van der Waals surface area contributed by atoms with E-state index in [1.807, 2.05) is 32.6 Å². The maximum Gasteiger partial charge on any atom is 0.243 e. The fraction of sp³-hybridized carbons (Fsp3) is 0.667. The van der Waals surface area contributed by atoms with Crippen molar-refractivity contribution in [3.8, 4) is 0 Å². The summed E-state index contributed by atoms with van der Waals surface area (Å²) in [5.74, 6) is -0.0842. The van der Waals surface area contributed by atoms with Crippen LogP contribution in [0.1, 0.15) is 24.4 Å². The fourth-order valence-electron chi connectivity index (χ4n) is 1.66. The number of nitrogens with zero attached hydrogens (tertiary/aromatic N) is 2. The smallest absolute Gasteiger partial charge is 0.243 e. The number of rotatable bonds is 6. The molecule has 1 unspecified atom stereocenters. The van der Waals surface area contributed by atoms with Crippen molar-refractivity contribution in [3.63, 3.8) is 0 Å². The predicted molar refractivity (Wildman–Crippen MR) is 74.0 cm³/mol. The van der Waals surface area contributed by atoms with Crippen molar-refractivity contribution in [1.82, 2.24) is 9.88 Å². The van der Waals surface area contributed by atoms with Gasteiger partial charge >= 0.3 is 0 Å². The Kier molecular flexibility index (Phi) is 5.71. The van der Waals surface area contributed by atoms with E-state index in [1.165, 1.54) is 11.3 Å². The van der Waals surface area contributed by atoms with Crippen LogP contribution in [0.3, 0.4) is 0 Å². The molecule has 0 bridgehead atoms. The van der Waals surface area contributed by atoms with Gasteiger partial charge in [-0.25, -0.2) is 4.98 Å². The summed E-state index contributed by atoms with van der Waals surface area (Å²) in [6.45, 7) is 9.00. The molecule has 1 aromatic rings. The number of hydrogen-bond acceptors (Lipinski definition) is 5. The topological polar surface area (TPSA) is 65.5 Å². The lowest BCUT2D eigenvalue weighted by Gasteiger charge is -2.25. The van der Waals surface area contributed by atoms with Crippen LogP contribution in [0, 0.1) is 13.8 Å². The van der Waals surface area contributed by atoms with E-state index in [4.69, 9.17) is 5.11 Å². The SMILES string of the molecule is CCN(CCO)C(C)C(=O)Nc1nc(C)c(C)s1. The van der Waals surface area contributed by atoms with Gasteiger partial charge in [-0.2, -0.15) is 0 Å². The number of thiazole rings is 1. The van der Waals surface area contributed by atoms with Crippen molar-refractivity contribution in [3.05, 3.63) is 10.6 Å². The third kappa shape index (κ3) is 3.76. The molecule has 102 valence electrons. The average Bonchev–Trinajstić information content (AvgIpc) is 2.64. The van der Waals surface area contributed by atoms with Crippen LogP contribution in [-0.2, 0) is 4.79 Å². The van der Waals surface area contributed by atoms with E-state index in [0.717, 1.165) is 17.1 Å². The first-order valence-corrected chi connectivity index (χ1v) is 6.91. The number of anilines is 1. The Morgan fingerprint density at radius 3 is 2.67 bits per heavy atom. The quantitative estimate of drug-likeness (QED) is 0.821. The summed E-state index contributed by atoms with van der Waals surface area (Å²) in [5.41, 5.74) is 0.950.